The lowest BCUT2D eigenvalue weighted by molar-refractivity contribution is -0.281. The van der Waals surface area contributed by atoms with E-state index in [4.69, 9.17) is 23.2 Å². The third kappa shape index (κ3) is 1.89. The molecule has 1 atom stereocenters. The Kier molecular flexibility index (Phi) is 2.84. The van der Waals surface area contributed by atoms with E-state index in [0.29, 0.717) is 0 Å². The summed E-state index contributed by atoms with van der Waals surface area (Å²) in [6.07, 6.45) is -6.90. The molecule has 1 aromatic rings. The van der Waals surface area contributed by atoms with Gasteiger partial charge in [0.15, 0.2) is 11.5 Å². The van der Waals surface area contributed by atoms with E-state index >= 15 is 0 Å². The number of para-hydroxylation sites is 1. The standard InChI is InChI=1S/C9H5Cl2F3O2/c10-7(11)4-2-1-3-5-6(4)15-8(12)9(13,14)16-5/h1-3,7-8H. The average Bonchev–Trinajstić information content (AvgIpc) is 2.18. The van der Waals surface area contributed by atoms with Gasteiger partial charge in [-0.25, -0.2) is 0 Å². The SMILES string of the molecule is FC1Oc2c(cccc2C(Cl)Cl)OC1(F)F. The molecule has 0 spiro atoms. The van der Waals surface area contributed by atoms with Gasteiger partial charge in [0.1, 0.15) is 4.84 Å². The Morgan fingerprint density at radius 1 is 1.31 bits per heavy atom. The van der Waals surface area contributed by atoms with Crippen molar-refractivity contribution in [2.24, 2.45) is 0 Å². The Morgan fingerprint density at radius 3 is 2.62 bits per heavy atom. The molecule has 1 unspecified atom stereocenters. The molecule has 0 fully saturated rings. The molecule has 0 saturated carbocycles. The third-order valence-electron chi connectivity index (χ3n) is 1.98. The zero-order valence-electron chi connectivity index (χ0n) is 7.59. The van der Waals surface area contributed by atoms with E-state index in [0.717, 1.165) is 0 Å². The number of alkyl halides is 5. The fraction of sp³-hybridized carbons (Fsp3) is 0.333. The number of hydrogen-bond acceptors (Lipinski definition) is 2. The van der Waals surface area contributed by atoms with E-state index in [1.54, 1.807) is 0 Å². The first-order chi connectivity index (χ1) is 7.42. The molecule has 1 aliphatic heterocycles. The molecule has 0 saturated heterocycles. The van der Waals surface area contributed by atoms with Crippen LogP contribution in [0, 0.1) is 0 Å². The summed E-state index contributed by atoms with van der Waals surface area (Å²) in [5.74, 6) is -0.487. The summed E-state index contributed by atoms with van der Waals surface area (Å²) in [7, 11) is 0. The zero-order valence-corrected chi connectivity index (χ0v) is 9.10. The van der Waals surface area contributed by atoms with Crippen LogP contribution in [0.25, 0.3) is 0 Å². The number of fused-ring (bicyclic) bond motifs is 1. The second-order valence-corrected chi connectivity index (χ2v) is 4.17. The summed E-state index contributed by atoms with van der Waals surface area (Å²) < 4.78 is 47.1. The van der Waals surface area contributed by atoms with Crippen LogP contribution in [-0.2, 0) is 0 Å². The van der Waals surface area contributed by atoms with Crippen LogP contribution in [-0.4, -0.2) is 12.5 Å². The summed E-state index contributed by atoms with van der Waals surface area (Å²) in [6.45, 7) is 0. The predicted molar refractivity (Wildman–Crippen MR) is 52.0 cm³/mol. The van der Waals surface area contributed by atoms with Crippen LogP contribution in [0.4, 0.5) is 13.2 Å². The maximum Gasteiger partial charge on any atom is 0.468 e. The summed E-state index contributed by atoms with van der Waals surface area (Å²) in [6, 6.07) is 4.06. The number of hydrogen-bond donors (Lipinski definition) is 0. The molecular weight excluding hydrogens is 268 g/mol. The molecule has 0 amide bonds. The van der Waals surface area contributed by atoms with Gasteiger partial charge in [0.05, 0.1) is 0 Å². The highest BCUT2D eigenvalue weighted by molar-refractivity contribution is 6.44. The van der Waals surface area contributed by atoms with Crippen LogP contribution in [0.1, 0.15) is 10.4 Å². The second-order valence-electron chi connectivity index (χ2n) is 3.07. The molecule has 0 radical (unpaired) electrons. The van der Waals surface area contributed by atoms with Gasteiger partial charge >= 0.3 is 12.5 Å². The number of ether oxygens (including phenoxy) is 2. The van der Waals surface area contributed by atoms with Gasteiger partial charge in [0, 0.05) is 5.56 Å². The first kappa shape index (κ1) is 11.7. The highest BCUT2D eigenvalue weighted by atomic mass is 35.5. The Balaban J connectivity index is 2.47. The lowest BCUT2D eigenvalue weighted by Gasteiger charge is -2.29. The predicted octanol–water partition coefficient (Wildman–Crippen LogP) is 3.82. The van der Waals surface area contributed by atoms with Gasteiger partial charge < -0.3 is 9.47 Å². The highest BCUT2D eigenvalue weighted by Gasteiger charge is 2.50. The van der Waals surface area contributed by atoms with Gasteiger partial charge in [0.2, 0.25) is 0 Å². The van der Waals surface area contributed by atoms with Crippen LogP contribution in [0.5, 0.6) is 11.5 Å². The van der Waals surface area contributed by atoms with Crippen LogP contribution in [0.15, 0.2) is 18.2 Å². The Bertz CT molecular complexity index is 412. The highest BCUT2D eigenvalue weighted by Crippen LogP contribution is 2.46. The molecule has 0 bridgehead atoms. The second kappa shape index (κ2) is 3.89. The maximum atomic E-state index is 12.9. The quantitative estimate of drug-likeness (QED) is 0.724. The number of rotatable bonds is 1. The summed E-state index contributed by atoms with van der Waals surface area (Å²) in [5.41, 5.74) is 0.180. The molecular formula is C9H5Cl2F3O2. The monoisotopic (exact) mass is 272 g/mol. The molecule has 7 heteroatoms. The van der Waals surface area contributed by atoms with Gasteiger partial charge in [-0.1, -0.05) is 35.3 Å². The fourth-order valence-electron chi connectivity index (χ4n) is 1.28. The summed E-state index contributed by atoms with van der Waals surface area (Å²) in [5, 5.41) is 0. The topological polar surface area (TPSA) is 18.5 Å². The Hall–Kier alpha value is -0.810. The van der Waals surface area contributed by atoms with Gasteiger partial charge in [-0.3, -0.25) is 0 Å². The largest absolute Gasteiger partial charge is 0.468 e. The molecule has 1 heterocycles. The minimum absolute atomic E-state index is 0.180. The molecule has 0 N–H and O–H groups in total. The van der Waals surface area contributed by atoms with Crippen molar-refractivity contribution < 1.29 is 22.6 Å². The Morgan fingerprint density at radius 2 is 2.00 bits per heavy atom. The average molecular weight is 273 g/mol. The summed E-state index contributed by atoms with van der Waals surface area (Å²) in [4.78, 5) is -1.02. The molecule has 1 aromatic carbocycles. The number of halogens is 5. The lowest BCUT2D eigenvalue weighted by atomic mass is 10.2. The van der Waals surface area contributed by atoms with Crippen molar-refractivity contribution in [2.45, 2.75) is 17.3 Å². The minimum atomic E-state index is -4.01. The van der Waals surface area contributed by atoms with E-state index in [1.165, 1.54) is 18.2 Å². The lowest BCUT2D eigenvalue weighted by Crippen LogP contribution is -2.43. The van der Waals surface area contributed by atoms with Crippen molar-refractivity contribution in [3.63, 3.8) is 0 Å². The fourth-order valence-corrected chi connectivity index (χ4v) is 1.62. The molecule has 0 aromatic heterocycles. The van der Waals surface area contributed by atoms with Crippen LogP contribution in [0.2, 0.25) is 0 Å². The van der Waals surface area contributed by atoms with E-state index in [-0.39, 0.29) is 17.1 Å². The van der Waals surface area contributed by atoms with E-state index in [9.17, 15) is 13.2 Å². The first-order valence-electron chi connectivity index (χ1n) is 4.20. The Labute approximate surface area is 98.9 Å². The van der Waals surface area contributed by atoms with Crippen LogP contribution < -0.4 is 9.47 Å². The number of benzene rings is 1. The minimum Gasteiger partial charge on any atom is -0.447 e. The van der Waals surface area contributed by atoms with E-state index in [2.05, 4.69) is 9.47 Å². The van der Waals surface area contributed by atoms with Crippen molar-refractivity contribution in [3.05, 3.63) is 23.8 Å². The van der Waals surface area contributed by atoms with Gasteiger partial charge in [-0.2, -0.15) is 13.2 Å². The van der Waals surface area contributed by atoms with Gasteiger partial charge in [-0.15, -0.1) is 0 Å². The van der Waals surface area contributed by atoms with E-state index < -0.39 is 17.3 Å². The molecule has 16 heavy (non-hydrogen) atoms. The molecule has 2 nitrogen and oxygen atoms in total. The summed E-state index contributed by atoms with van der Waals surface area (Å²) >= 11 is 11.2. The van der Waals surface area contributed by atoms with Gasteiger partial charge in [0.25, 0.3) is 0 Å². The van der Waals surface area contributed by atoms with Crippen LogP contribution >= 0.6 is 23.2 Å². The van der Waals surface area contributed by atoms with Crippen LogP contribution in [0.3, 0.4) is 0 Å². The maximum absolute atomic E-state index is 12.9. The van der Waals surface area contributed by atoms with E-state index in [1.807, 2.05) is 0 Å². The molecule has 88 valence electrons. The third-order valence-corrected chi connectivity index (χ3v) is 2.45. The molecule has 0 aliphatic carbocycles. The normalized spacial score (nSPS) is 22.2. The zero-order chi connectivity index (χ0) is 11.9. The molecule has 1 aliphatic rings. The van der Waals surface area contributed by atoms with Crippen molar-refractivity contribution in [2.75, 3.05) is 0 Å². The first-order valence-corrected chi connectivity index (χ1v) is 5.07. The van der Waals surface area contributed by atoms with Crippen molar-refractivity contribution in [3.8, 4) is 11.5 Å². The van der Waals surface area contributed by atoms with Crippen molar-refractivity contribution in [1.82, 2.24) is 0 Å². The van der Waals surface area contributed by atoms with Crippen molar-refractivity contribution in [1.29, 1.82) is 0 Å². The van der Waals surface area contributed by atoms with Gasteiger partial charge in [-0.05, 0) is 6.07 Å². The van der Waals surface area contributed by atoms with Crippen molar-refractivity contribution >= 4 is 23.2 Å². The smallest absolute Gasteiger partial charge is 0.447 e. The molecule has 2 rings (SSSR count).